The number of likely N-dealkylation sites (N-methyl/N-ethyl adjacent to an activating group) is 1. The molecule has 2 aliphatic heterocycles. The third-order valence-electron chi connectivity index (χ3n) is 7.68. The maximum absolute atomic E-state index is 13.7. The number of hydrogen-bond acceptors (Lipinski definition) is 8. The normalized spacial score (nSPS) is 16.4. The van der Waals surface area contributed by atoms with Gasteiger partial charge in [0, 0.05) is 62.4 Å². The maximum Gasteiger partial charge on any atom is 0.265 e. The fourth-order valence-corrected chi connectivity index (χ4v) is 5.22. The van der Waals surface area contributed by atoms with E-state index in [0.717, 1.165) is 56.3 Å². The molecule has 2 aliphatic rings. The number of carbonyl (C=O) groups excluding carboxylic acids is 1. The summed E-state index contributed by atoms with van der Waals surface area (Å²) in [6, 6.07) is 14.9. The molecule has 40 heavy (non-hydrogen) atoms. The lowest BCUT2D eigenvalue weighted by Crippen LogP contribution is -2.44. The smallest absolute Gasteiger partial charge is 0.265 e. The molecule has 0 radical (unpaired) electrons. The van der Waals surface area contributed by atoms with E-state index in [9.17, 15) is 9.59 Å². The number of aryl methyl sites for hydroxylation is 1. The number of anilines is 3. The van der Waals surface area contributed by atoms with Crippen LogP contribution in [-0.4, -0.2) is 84.9 Å². The first-order valence-electron chi connectivity index (χ1n) is 13.6. The maximum atomic E-state index is 13.7. The predicted octanol–water partition coefficient (Wildman–Crippen LogP) is 2.93. The summed E-state index contributed by atoms with van der Waals surface area (Å²) in [6.07, 6.45) is 3.21. The lowest BCUT2D eigenvalue weighted by Gasteiger charge is -2.34. The van der Waals surface area contributed by atoms with Crippen molar-refractivity contribution in [2.45, 2.75) is 6.92 Å². The molecule has 0 bridgehead atoms. The van der Waals surface area contributed by atoms with Gasteiger partial charge in [-0.3, -0.25) is 14.2 Å². The van der Waals surface area contributed by atoms with E-state index < -0.39 is 0 Å². The quantitative estimate of drug-likeness (QED) is 0.414. The van der Waals surface area contributed by atoms with E-state index in [1.807, 2.05) is 43.3 Å². The van der Waals surface area contributed by atoms with E-state index in [1.165, 1.54) is 0 Å². The molecule has 4 heterocycles. The molecule has 2 aromatic carbocycles. The highest BCUT2D eigenvalue weighted by Crippen LogP contribution is 2.23. The zero-order valence-corrected chi connectivity index (χ0v) is 22.8. The van der Waals surface area contributed by atoms with E-state index in [1.54, 1.807) is 29.2 Å². The first kappa shape index (κ1) is 26.0. The van der Waals surface area contributed by atoms with Crippen LogP contribution >= 0.6 is 0 Å². The van der Waals surface area contributed by atoms with Gasteiger partial charge in [0.05, 0.1) is 29.8 Å². The monoisotopic (exact) mass is 539 g/mol. The molecule has 0 atom stereocenters. The fraction of sp³-hybridized carbons (Fsp3) is 0.333. The molecule has 0 saturated carbocycles. The number of benzene rings is 2. The summed E-state index contributed by atoms with van der Waals surface area (Å²) in [5, 5.41) is 3.55. The van der Waals surface area contributed by atoms with Gasteiger partial charge < -0.3 is 24.8 Å². The van der Waals surface area contributed by atoms with E-state index in [4.69, 9.17) is 4.74 Å². The second-order valence-corrected chi connectivity index (χ2v) is 10.4. The number of amides is 1. The molecule has 2 saturated heterocycles. The number of carbonyl (C=O) groups is 1. The molecule has 10 nitrogen and oxygen atoms in total. The van der Waals surface area contributed by atoms with Crippen molar-refractivity contribution in [3.05, 3.63) is 82.5 Å². The number of ether oxygens (including phenoxy) is 1. The van der Waals surface area contributed by atoms with Gasteiger partial charge in [0.25, 0.3) is 11.5 Å². The molecule has 0 aliphatic carbocycles. The van der Waals surface area contributed by atoms with Crippen molar-refractivity contribution in [1.82, 2.24) is 19.4 Å². The molecule has 1 N–H and O–H groups in total. The summed E-state index contributed by atoms with van der Waals surface area (Å²) < 4.78 is 6.98. The van der Waals surface area contributed by atoms with E-state index >= 15 is 0 Å². The first-order chi connectivity index (χ1) is 19.5. The van der Waals surface area contributed by atoms with Gasteiger partial charge in [-0.15, -0.1) is 0 Å². The van der Waals surface area contributed by atoms with Crippen LogP contribution in [0.1, 0.15) is 15.9 Å². The van der Waals surface area contributed by atoms with Gasteiger partial charge in [-0.1, -0.05) is 6.07 Å². The van der Waals surface area contributed by atoms with Crippen LogP contribution in [0.3, 0.4) is 0 Å². The molecule has 10 heteroatoms. The minimum atomic E-state index is -0.243. The lowest BCUT2D eigenvalue weighted by atomic mass is 10.1. The zero-order valence-electron chi connectivity index (χ0n) is 22.8. The summed E-state index contributed by atoms with van der Waals surface area (Å²) in [7, 11) is 2.12. The number of fused-ring (bicyclic) bond motifs is 1. The predicted molar refractivity (Wildman–Crippen MR) is 157 cm³/mol. The van der Waals surface area contributed by atoms with Crippen LogP contribution in [0.5, 0.6) is 0 Å². The highest BCUT2D eigenvalue weighted by atomic mass is 16.5. The molecule has 0 spiro atoms. The Labute approximate surface area is 232 Å². The largest absolute Gasteiger partial charge is 0.378 e. The number of nitrogens with one attached hydrogen (secondary N) is 1. The SMILES string of the molecule is Cc1ccc(NC(=O)c2ccnc(N3CCOCC3)c2)cc1-n1cnc2ccc(N3CCN(C)CC3)cc2c1=O. The van der Waals surface area contributed by atoms with E-state index in [-0.39, 0.29) is 11.5 Å². The summed E-state index contributed by atoms with van der Waals surface area (Å²) in [5.74, 6) is 0.512. The Morgan fingerprint density at radius 2 is 1.70 bits per heavy atom. The average molecular weight is 540 g/mol. The van der Waals surface area contributed by atoms with Gasteiger partial charge in [-0.2, -0.15) is 0 Å². The van der Waals surface area contributed by atoms with Gasteiger partial charge >= 0.3 is 0 Å². The number of pyridine rings is 1. The van der Waals surface area contributed by atoms with Gasteiger partial charge in [0.15, 0.2) is 0 Å². The van der Waals surface area contributed by atoms with Crippen LogP contribution in [0.2, 0.25) is 0 Å². The minimum Gasteiger partial charge on any atom is -0.378 e. The topological polar surface area (TPSA) is 95.8 Å². The van der Waals surface area contributed by atoms with Crippen LogP contribution in [-0.2, 0) is 4.74 Å². The Kier molecular flexibility index (Phi) is 7.19. The van der Waals surface area contributed by atoms with Gasteiger partial charge in [-0.05, 0) is 62.0 Å². The van der Waals surface area contributed by atoms with Crippen molar-refractivity contribution >= 4 is 34.0 Å². The number of nitrogens with zero attached hydrogens (tertiary/aromatic N) is 6. The van der Waals surface area contributed by atoms with Gasteiger partial charge in [-0.25, -0.2) is 9.97 Å². The Balaban J connectivity index is 1.27. The van der Waals surface area contributed by atoms with Crippen molar-refractivity contribution in [2.24, 2.45) is 0 Å². The van der Waals surface area contributed by atoms with Crippen LogP contribution < -0.4 is 20.7 Å². The highest BCUT2D eigenvalue weighted by molar-refractivity contribution is 6.04. The second kappa shape index (κ2) is 11.1. The van der Waals surface area contributed by atoms with Gasteiger partial charge in [0.2, 0.25) is 0 Å². The molecule has 1 amide bonds. The standard InChI is InChI=1S/C30H33N7O3/c1-21-3-4-23(33-29(38)22-7-8-31-28(17-22)36-13-15-40-16-14-36)18-27(21)37-20-32-26-6-5-24(19-25(26)30(37)39)35-11-9-34(2)10-12-35/h3-8,17-20H,9-16H2,1-2H3,(H,33,38). The Morgan fingerprint density at radius 3 is 2.50 bits per heavy atom. The number of aromatic nitrogens is 3. The number of hydrogen-bond donors (Lipinski definition) is 1. The number of piperazine rings is 1. The summed E-state index contributed by atoms with van der Waals surface area (Å²) in [6.45, 7) is 8.52. The zero-order chi connectivity index (χ0) is 27.6. The van der Waals surface area contributed by atoms with Crippen LogP contribution in [0.25, 0.3) is 16.6 Å². The van der Waals surface area contributed by atoms with Crippen molar-refractivity contribution in [1.29, 1.82) is 0 Å². The van der Waals surface area contributed by atoms with E-state index in [2.05, 4.69) is 37.0 Å². The molecular weight excluding hydrogens is 506 g/mol. The first-order valence-corrected chi connectivity index (χ1v) is 13.6. The summed E-state index contributed by atoms with van der Waals surface area (Å²) in [4.78, 5) is 42.6. The molecule has 206 valence electrons. The molecular formula is C30H33N7O3. The molecule has 0 unspecified atom stereocenters. The summed E-state index contributed by atoms with van der Waals surface area (Å²) >= 11 is 0. The number of morpholine rings is 1. The Bertz CT molecular complexity index is 1600. The Morgan fingerprint density at radius 1 is 0.900 bits per heavy atom. The van der Waals surface area contributed by atoms with Crippen LogP contribution in [0.4, 0.5) is 17.2 Å². The van der Waals surface area contributed by atoms with Crippen molar-refractivity contribution in [3.63, 3.8) is 0 Å². The third kappa shape index (κ3) is 5.28. The molecule has 2 aromatic heterocycles. The highest BCUT2D eigenvalue weighted by Gasteiger charge is 2.18. The average Bonchev–Trinajstić information content (AvgIpc) is 2.99. The van der Waals surface area contributed by atoms with Gasteiger partial charge in [0.1, 0.15) is 12.1 Å². The van der Waals surface area contributed by atoms with Crippen molar-refractivity contribution in [3.8, 4) is 5.69 Å². The van der Waals surface area contributed by atoms with Crippen LogP contribution in [0.15, 0.2) is 65.8 Å². The van der Waals surface area contributed by atoms with Crippen LogP contribution in [0, 0.1) is 6.92 Å². The summed E-state index contributed by atoms with van der Waals surface area (Å²) in [5.41, 5.74) is 4.23. The number of rotatable bonds is 5. The lowest BCUT2D eigenvalue weighted by molar-refractivity contribution is 0.102. The molecule has 6 rings (SSSR count). The Hall–Kier alpha value is -4.28. The fourth-order valence-electron chi connectivity index (χ4n) is 5.22. The minimum absolute atomic E-state index is 0.142. The van der Waals surface area contributed by atoms with E-state index in [0.29, 0.717) is 41.1 Å². The van der Waals surface area contributed by atoms with Crippen molar-refractivity contribution in [2.75, 3.05) is 74.6 Å². The molecule has 4 aromatic rings. The van der Waals surface area contributed by atoms with Crippen molar-refractivity contribution < 1.29 is 9.53 Å². The third-order valence-corrected chi connectivity index (χ3v) is 7.68. The molecule has 2 fully saturated rings. The second-order valence-electron chi connectivity index (χ2n) is 10.4.